The molecule has 1 N–H and O–H groups in total. The Balaban J connectivity index is 2.98. The molecule has 1 atom stereocenters. The van der Waals surface area contributed by atoms with Crippen LogP contribution in [-0.2, 0) is 10.0 Å². The average Bonchev–Trinajstić information content (AvgIpc) is 2.22. The summed E-state index contributed by atoms with van der Waals surface area (Å²) in [6.45, 7) is 1.63. The van der Waals surface area contributed by atoms with Crippen molar-refractivity contribution in [1.29, 1.82) is 0 Å². The lowest BCUT2D eigenvalue weighted by atomic mass is 10.3. The predicted octanol–water partition coefficient (Wildman–Crippen LogP) is 3.23. The molecule has 0 amide bonds. The molecule has 0 aliphatic carbocycles. The molecule has 102 valence electrons. The molecule has 0 aliphatic rings. The van der Waals surface area contributed by atoms with E-state index in [0.717, 1.165) is 6.07 Å². The van der Waals surface area contributed by atoms with Gasteiger partial charge in [-0.2, -0.15) is 0 Å². The van der Waals surface area contributed by atoms with Crippen molar-refractivity contribution in [2.45, 2.75) is 6.92 Å². The van der Waals surface area contributed by atoms with Crippen LogP contribution in [0.4, 0.5) is 14.5 Å². The lowest BCUT2D eigenvalue weighted by molar-refractivity contribution is 0.579. The standard InChI is InChI=1S/C10H11Cl2F2NO2S/c1-6(4-11)5-18(16,17)15-10-8(12)2-7(13)3-9(10)14/h2-3,6,15H,4-5H2,1H3. The fourth-order valence-electron chi connectivity index (χ4n) is 1.26. The average molecular weight is 318 g/mol. The molecule has 0 bridgehead atoms. The van der Waals surface area contributed by atoms with Crippen molar-refractivity contribution in [3.8, 4) is 0 Å². The number of alkyl halides is 1. The van der Waals surface area contributed by atoms with Gasteiger partial charge in [-0.05, 0) is 12.0 Å². The van der Waals surface area contributed by atoms with E-state index < -0.39 is 27.3 Å². The molecule has 1 rings (SSSR count). The number of anilines is 1. The molecule has 1 aromatic rings. The largest absolute Gasteiger partial charge is 0.279 e. The van der Waals surface area contributed by atoms with Gasteiger partial charge in [-0.25, -0.2) is 17.2 Å². The van der Waals surface area contributed by atoms with Crippen LogP contribution in [0, 0.1) is 17.6 Å². The molecule has 8 heteroatoms. The van der Waals surface area contributed by atoms with Crippen LogP contribution in [0.1, 0.15) is 6.92 Å². The second kappa shape index (κ2) is 6.04. The lowest BCUT2D eigenvalue weighted by Gasteiger charge is -2.12. The van der Waals surface area contributed by atoms with E-state index in [1.165, 1.54) is 0 Å². The van der Waals surface area contributed by atoms with Crippen LogP contribution in [0.3, 0.4) is 0 Å². The van der Waals surface area contributed by atoms with E-state index in [2.05, 4.69) is 0 Å². The maximum absolute atomic E-state index is 13.4. The summed E-state index contributed by atoms with van der Waals surface area (Å²) in [4.78, 5) is 0. The molecule has 0 radical (unpaired) electrons. The van der Waals surface area contributed by atoms with Crippen LogP contribution < -0.4 is 4.72 Å². The fraction of sp³-hybridized carbons (Fsp3) is 0.400. The molecule has 0 heterocycles. The Morgan fingerprint density at radius 1 is 1.39 bits per heavy atom. The maximum atomic E-state index is 13.4. The summed E-state index contributed by atoms with van der Waals surface area (Å²) in [6, 6.07) is 1.38. The van der Waals surface area contributed by atoms with E-state index in [9.17, 15) is 17.2 Å². The topological polar surface area (TPSA) is 46.2 Å². The van der Waals surface area contributed by atoms with E-state index in [1.54, 1.807) is 6.92 Å². The number of sulfonamides is 1. The van der Waals surface area contributed by atoms with Gasteiger partial charge >= 0.3 is 0 Å². The summed E-state index contributed by atoms with van der Waals surface area (Å²) in [6.07, 6.45) is 0. The van der Waals surface area contributed by atoms with Gasteiger partial charge in [0.25, 0.3) is 0 Å². The van der Waals surface area contributed by atoms with Crippen LogP contribution in [0.15, 0.2) is 12.1 Å². The minimum atomic E-state index is -3.79. The quantitative estimate of drug-likeness (QED) is 0.847. The van der Waals surface area contributed by atoms with Gasteiger partial charge in [0.2, 0.25) is 10.0 Å². The van der Waals surface area contributed by atoms with E-state index in [0.29, 0.717) is 6.07 Å². The van der Waals surface area contributed by atoms with Gasteiger partial charge in [0.1, 0.15) is 11.5 Å². The Labute approximate surface area is 114 Å². The highest BCUT2D eigenvalue weighted by Gasteiger charge is 2.19. The number of hydrogen-bond donors (Lipinski definition) is 1. The Morgan fingerprint density at radius 2 is 2.00 bits per heavy atom. The molecule has 18 heavy (non-hydrogen) atoms. The zero-order valence-electron chi connectivity index (χ0n) is 9.38. The number of nitrogens with one attached hydrogen (secondary N) is 1. The molecule has 0 saturated heterocycles. The molecule has 0 aromatic heterocycles. The molecule has 0 spiro atoms. The molecular weight excluding hydrogens is 307 g/mol. The van der Waals surface area contributed by atoms with Gasteiger partial charge < -0.3 is 0 Å². The van der Waals surface area contributed by atoms with Crippen molar-refractivity contribution in [2.75, 3.05) is 16.4 Å². The first kappa shape index (κ1) is 15.5. The highest BCUT2D eigenvalue weighted by Crippen LogP contribution is 2.27. The predicted molar refractivity (Wildman–Crippen MR) is 68.7 cm³/mol. The fourth-order valence-corrected chi connectivity index (χ4v) is 3.26. The Morgan fingerprint density at radius 3 is 2.50 bits per heavy atom. The van der Waals surface area contributed by atoms with Crippen LogP contribution >= 0.6 is 23.2 Å². The summed E-state index contributed by atoms with van der Waals surface area (Å²) in [5, 5.41) is -0.338. The number of rotatable bonds is 5. The van der Waals surface area contributed by atoms with Gasteiger partial charge in [-0.3, -0.25) is 4.72 Å². The number of benzene rings is 1. The minimum Gasteiger partial charge on any atom is -0.279 e. The second-order valence-corrected chi connectivity index (χ2v) is 6.37. The summed E-state index contributed by atoms with van der Waals surface area (Å²) < 4.78 is 51.5. The number of halogens is 4. The van der Waals surface area contributed by atoms with Gasteiger partial charge in [0.05, 0.1) is 10.8 Å². The summed E-state index contributed by atoms with van der Waals surface area (Å²) in [7, 11) is -3.79. The number of hydrogen-bond acceptors (Lipinski definition) is 2. The van der Waals surface area contributed by atoms with Crippen LogP contribution in [-0.4, -0.2) is 20.1 Å². The van der Waals surface area contributed by atoms with Crippen molar-refractivity contribution >= 4 is 38.9 Å². The first-order chi connectivity index (χ1) is 8.25. The molecule has 0 aliphatic heterocycles. The van der Waals surface area contributed by atoms with E-state index in [1.807, 2.05) is 4.72 Å². The SMILES string of the molecule is CC(CCl)CS(=O)(=O)Nc1c(F)cc(F)cc1Cl. The van der Waals surface area contributed by atoms with Crippen molar-refractivity contribution in [2.24, 2.45) is 5.92 Å². The van der Waals surface area contributed by atoms with Crippen LogP contribution in [0.5, 0.6) is 0 Å². The molecular formula is C10H11Cl2F2NO2S. The van der Waals surface area contributed by atoms with Crippen molar-refractivity contribution < 1.29 is 17.2 Å². The second-order valence-electron chi connectivity index (χ2n) is 3.89. The smallest absolute Gasteiger partial charge is 0.233 e. The monoisotopic (exact) mass is 317 g/mol. The third-order valence-electron chi connectivity index (χ3n) is 2.03. The molecule has 1 aromatic carbocycles. The third kappa shape index (κ3) is 4.26. The minimum absolute atomic E-state index is 0.153. The van der Waals surface area contributed by atoms with Crippen molar-refractivity contribution in [3.05, 3.63) is 28.8 Å². The highest BCUT2D eigenvalue weighted by molar-refractivity contribution is 7.92. The van der Waals surface area contributed by atoms with Gasteiger partial charge in [-0.15, -0.1) is 11.6 Å². The van der Waals surface area contributed by atoms with Crippen LogP contribution in [0.2, 0.25) is 5.02 Å². The van der Waals surface area contributed by atoms with Gasteiger partial charge in [0, 0.05) is 11.9 Å². The first-order valence-corrected chi connectivity index (χ1v) is 7.52. The third-order valence-corrected chi connectivity index (χ3v) is 4.38. The van der Waals surface area contributed by atoms with E-state index >= 15 is 0 Å². The van der Waals surface area contributed by atoms with Gasteiger partial charge in [-0.1, -0.05) is 18.5 Å². The Bertz CT molecular complexity index is 514. The zero-order valence-corrected chi connectivity index (χ0v) is 11.7. The first-order valence-electron chi connectivity index (χ1n) is 4.96. The molecule has 3 nitrogen and oxygen atoms in total. The van der Waals surface area contributed by atoms with E-state index in [4.69, 9.17) is 23.2 Å². The Kier molecular flexibility index (Phi) is 5.19. The normalized spacial score (nSPS) is 13.4. The molecule has 1 unspecified atom stereocenters. The summed E-state index contributed by atoms with van der Waals surface area (Å²) in [5.41, 5.74) is -0.458. The van der Waals surface area contributed by atoms with Crippen LogP contribution in [0.25, 0.3) is 0 Å². The van der Waals surface area contributed by atoms with Crippen molar-refractivity contribution in [3.63, 3.8) is 0 Å². The summed E-state index contributed by atoms with van der Waals surface area (Å²) >= 11 is 11.1. The molecule has 0 saturated carbocycles. The van der Waals surface area contributed by atoms with Gasteiger partial charge in [0.15, 0.2) is 5.82 Å². The lowest BCUT2D eigenvalue weighted by Crippen LogP contribution is -2.22. The van der Waals surface area contributed by atoms with Crippen molar-refractivity contribution in [1.82, 2.24) is 0 Å². The Hall–Kier alpha value is -0.590. The van der Waals surface area contributed by atoms with E-state index in [-0.39, 0.29) is 22.6 Å². The summed E-state index contributed by atoms with van der Waals surface area (Å²) in [5.74, 6) is -2.37. The maximum Gasteiger partial charge on any atom is 0.233 e. The zero-order chi connectivity index (χ0) is 13.9. The molecule has 0 fully saturated rings. The highest BCUT2D eigenvalue weighted by atomic mass is 35.5.